The fourth-order valence-corrected chi connectivity index (χ4v) is 5.99. The van der Waals surface area contributed by atoms with E-state index in [1.165, 1.54) is 11.8 Å². The Morgan fingerprint density at radius 1 is 1.21 bits per heavy atom. The number of aryl methyl sites for hydroxylation is 1. The second-order valence-electron chi connectivity index (χ2n) is 9.22. The van der Waals surface area contributed by atoms with Crippen molar-refractivity contribution in [2.24, 2.45) is 12.8 Å². The van der Waals surface area contributed by atoms with Crippen LogP contribution in [0.3, 0.4) is 0 Å². The summed E-state index contributed by atoms with van der Waals surface area (Å²) in [6, 6.07) is 8.43. The average molecular weight is 543 g/mol. The molecule has 11 heteroatoms. The van der Waals surface area contributed by atoms with Crippen molar-refractivity contribution >= 4 is 17.7 Å². The van der Waals surface area contributed by atoms with Gasteiger partial charge in [0.1, 0.15) is 28.3 Å². The van der Waals surface area contributed by atoms with Crippen LogP contribution >= 0.6 is 11.8 Å². The largest absolute Gasteiger partial charge is 0.497 e. The number of nitrogens with two attached hydrogens (primary N) is 1. The Hall–Kier alpha value is -3.25. The minimum absolute atomic E-state index is 0.0372. The number of rotatable bonds is 11. The first-order valence-corrected chi connectivity index (χ1v) is 13.0. The van der Waals surface area contributed by atoms with E-state index in [-0.39, 0.29) is 25.1 Å². The average Bonchev–Trinajstić information content (AvgIpc) is 3.27. The number of imidazole rings is 1. The van der Waals surface area contributed by atoms with Crippen LogP contribution in [0.1, 0.15) is 28.4 Å². The van der Waals surface area contributed by atoms with E-state index in [4.69, 9.17) is 19.9 Å². The number of aromatic nitrogens is 2. The number of ether oxygens (including phenoxy) is 3. The third-order valence-electron chi connectivity index (χ3n) is 6.80. The van der Waals surface area contributed by atoms with E-state index in [1.54, 1.807) is 32.2 Å². The van der Waals surface area contributed by atoms with E-state index in [1.807, 2.05) is 37.4 Å². The van der Waals surface area contributed by atoms with Crippen molar-refractivity contribution in [3.05, 3.63) is 59.0 Å². The highest BCUT2D eigenvalue weighted by molar-refractivity contribution is 7.99. The first-order chi connectivity index (χ1) is 18.3. The molecule has 3 aromatic rings. The van der Waals surface area contributed by atoms with Crippen molar-refractivity contribution in [3.8, 4) is 17.2 Å². The van der Waals surface area contributed by atoms with Gasteiger partial charge in [-0.05, 0) is 36.1 Å². The Balaban J connectivity index is 1.79. The van der Waals surface area contributed by atoms with Crippen LogP contribution in [-0.4, -0.2) is 65.8 Å². The number of carbonyl (C=O) groups is 1. The van der Waals surface area contributed by atoms with Crippen molar-refractivity contribution in [2.45, 2.75) is 47.3 Å². The van der Waals surface area contributed by atoms with Crippen molar-refractivity contribution in [1.29, 1.82) is 0 Å². The fraction of sp³-hybridized carbons (Fsp3) is 0.407. The van der Waals surface area contributed by atoms with Crippen LogP contribution in [0.5, 0.6) is 17.2 Å². The SMILES string of the molecule is COc1ccc(C[C@H]2N[C@@H](CO)Cc3c(Sc4ncn(C)c4C[C@H](N)C(=O)O)c(OC)cc(OC)c32)cc1. The molecule has 0 radical (unpaired) electrons. The van der Waals surface area contributed by atoms with E-state index < -0.39 is 12.0 Å². The Bertz CT molecular complexity index is 1280. The van der Waals surface area contributed by atoms with E-state index >= 15 is 0 Å². The van der Waals surface area contributed by atoms with Crippen LogP contribution in [0, 0.1) is 0 Å². The second-order valence-corrected chi connectivity index (χ2v) is 10.2. The standard InChI is InChI=1S/C27H34N4O6S/c1-31-14-29-26(21(31)11-19(28)27(33)34)38-25-18-10-16(13-32)30-20(9-15-5-7-17(35-2)8-6-15)24(18)22(36-3)12-23(25)37-4/h5-8,12,14,16,19-20,30,32H,9-11,13,28H2,1-4H3,(H,33,34)/t16-,19+,20-/m1/s1. The molecular formula is C27H34N4O6S. The molecule has 0 fully saturated rings. The van der Waals surface area contributed by atoms with Crippen LogP contribution in [0.25, 0.3) is 0 Å². The fourth-order valence-electron chi connectivity index (χ4n) is 4.79. The van der Waals surface area contributed by atoms with Gasteiger partial charge in [-0.25, -0.2) is 4.98 Å². The summed E-state index contributed by atoms with van der Waals surface area (Å²) in [5.74, 6) is 1.03. The first kappa shape index (κ1) is 27.8. The molecule has 0 saturated carbocycles. The minimum Gasteiger partial charge on any atom is -0.497 e. The summed E-state index contributed by atoms with van der Waals surface area (Å²) >= 11 is 1.41. The molecule has 204 valence electrons. The molecule has 5 N–H and O–H groups in total. The number of fused-ring (bicyclic) bond motifs is 1. The summed E-state index contributed by atoms with van der Waals surface area (Å²) in [6.07, 6.45) is 3.01. The lowest BCUT2D eigenvalue weighted by Gasteiger charge is -2.35. The topological polar surface area (TPSA) is 141 Å². The van der Waals surface area contributed by atoms with E-state index in [9.17, 15) is 15.0 Å². The number of carboxylic acid groups (broad SMARTS) is 1. The molecule has 0 amide bonds. The molecule has 38 heavy (non-hydrogen) atoms. The van der Waals surface area contributed by atoms with Gasteiger partial charge in [-0.3, -0.25) is 4.79 Å². The van der Waals surface area contributed by atoms with Crippen molar-refractivity contribution in [2.75, 3.05) is 27.9 Å². The number of methoxy groups -OCH3 is 3. The Labute approximate surface area is 226 Å². The van der Waals surface area contributed by atoms with Crippen molar-refractivity contribution in [3.63, 3.8) is 0 Å². The van der Waals surface area contributed by atoms with E-state index in [0.29, 0.717) is 29.4 Å². The summed E-state index contributed by atoms with van der Waals surface area (Å²) in [7, 11) is 6.69. The van der Waals surface area contributed by atoms with Crippen molar-refractivity contribution < 1.29 is 29.2 Å². The van der Waals surface area contributed by atoms with Crippen LogP contribution < -0.4 is 25.3 Å². The maximum atomic E-state index is 11.4. The number of hydrogen-bond donors (Lipinski definition) is 4. The number of carboxylic acids is 1. The molecule has 0 saturated heterocycles. The number of aliphatic carboxylic acids is 1. The zero-order chi connectivity index (χ0) is 27.4. The molecule has 1 aliphatic heterocycles. The smallest absolute Gasteiger partial charge is 0.320 e. The summed E-state index contributed by atoms with van der Waals surface area (Å²) in [6.45, 7) is -0.0372. The molecule has 4 rings (SSSR count). The van der Waals surface area contributed by atoms with Crippen molar-refractivity contribution in [1.82, 2.24) is 14.9 Å². The molecule has 0 bridgehead atoms. The lowest BCUT2D eigenvalue weighted by molar-refractivity contribution is -0.138. The van der Waals surface area contributed by atoms with Crippen LogP contribution in [0.2, 0.25) is 0 Å². The third-order valence-corrected chi connectivity index (χ3v) is 7.98. The Kier molecular flexibility index (Phi) is 8.83. The van der Waals surface area contributed by atoms with Gasteiger partial charge in [0.05, 0.1) is 44.9 Å². The van der Waals surface area contributed by atoms with Gasteiger partial charge in [-0.1, -0.05) is 23.9 Å². The zero-order valence-electron chi connectivity index (χ0n) is 21.9. The molecule has 0 unspecified atom stereocenters. The van der Waals surface area contributed by atoms with E-state index in [2.05, 4.69) is 10.3 Å². The predicted octanol–water partition coefficient (Wildman–Crippen LogP) is 2.34. The second kappa shape index (κ2) is 12.1. The summed E-state index contributed by atoms with van der Waals surface area (Å²) in [5.41, 5.74) is 9.68. The third kappa shape index (κ3) is 5.75. The monoisotopic (exact) mass is 542 g/mol. The zero-order valence-corrected chi connectivity index (χ0v) is 22.7. The number of aliphatic hydroxyl groups excluding tert-OH is 1. The predicted molar refractivity (Wildman–Crippen MR) is 143 cm³/mol. The van der Waals surface area contributed by atoms with E-state index in [0.717, 1.165) is 33.0 Å². The quantitative estimate of drug-likeness (QED) is 0.285. The number of nitrogens with one attached hydrogen (secondary N) is 1. The van der Waals surface area contributed by atoms with Gasteiger partial charge >= 0.3 is 5.97 Å². The molecular weight excluding hydrogens is 508 g/mol. The first-order valence-electron chi connectivity index (χ1n) is 12.2. The normalized spacial score (nSPS) is 17.5. The van der Waals surface area contributed by atoms with Gasteiger partial charge in [-0.2, -0.15) is 0 Å². The number of hydrogen-bond acceptors (Lipinski definition) is 9. The lowest BCUT2D eigenvalue weighted by Crippen LogP contribution is -2.43. The molecule has 1 aromatic heterocycles. The lowest BCUT2D eigenvalue weighted by atomic mass is 9.86. The highest BCUT2D eigenvalue weighted by Gasteiger charge is 2.33. The van der Waals surface area contributed by atoms with Gasteiger partial charge in [0, 0.05) is 37.2 Å². The molecule has 3 atom stereocenters. The summed E-state index contributed by atoms with van der Waals surface area (Å²) in [5, 5.41) is 23.8. The Morgan fingerprint density at radius 2 is 1.92 bits per heavy atom. The number of benzene rings is 2. The van der Waals surface area contributed by atoms with Gasteiger partial charge in [-0.15, -0.1) is 0 Å². The number of aliphatic hydroxyl groups is 1. The summed E-state index contributed by atoms with van der Waals surface area (Å²) < 4.78 is 18.7. The highest BCUT2D eigenvalue weighted by atomic mass is 32.2. The van der Waals surface area contributed by atoms with Gasteiger partial charge in [0.15, 0.2) is 0 Å². The van der Waals surface area contributed by atoms with Crippen LogP contribution in [-0.2, 0) is 31.1 Å². The number of nitrogens with zero attached hydrogens (tertiary/aromatic N) is 2. The summed E-state index contributed by atoms with van der Waals surface area (Å²) in [4.78, 5) is 16.8. The maximum Gasteiger partial charge on any atom is 0.320 e. The van der Waals surface area contributed by atoms with Crippen LogP contribution in [0.4, 0.5) is 0 Å². The molecule has 2 aromatic carbocycles. The molecule has 10 nitrogen and oxygen atoms in total. The molecule has 0 spiro atoms. The van der Waals surface area contributed by atoms with Crippen LogP contribution in [0.15, 0.2) is 46.6 Å². The van der Waals surface area contributed by atoms with Gasteiger partial charge in [0.25, 0.3) is 0 Å². The Morgan fingerprint density at radius 3 is 2.53 bits per heavy atom. The van der Waals surface area contributed by atoms with Gasteiger partial charge in [0.2, 0.25) is 0 Å². The molecule has 1 aliphatic rings. The highest BCUT2D eigenvalue weighted by Crippen LogP contribution is 2.47. The van der Waals surface area contributed by atoms with Gasteiger partial charge < -0.3 is 40.0 Å². The maximum absolute atomic E-state index is 11.4. The molecule has 2 heterocycles. The minimum atomic E-state index is -1.07. The molecule has 0 aliphatic carbocycles.